The lowest BCUT2D eigenvalue weighted by molar-refractivity contribution is 0.0924. The Balaban J connectivity index is 0.00000180. The third-order valence-electron chi connectivity index (χ3n) is 3.84. The number of aromatic nitrogens is 2. The van der Waals surface area contributed by atoms with Crippen molar-refractivity contribution in [2.75, 3.05) is 19.6 Å². The van der Waals surface area contributed by atoms with Gasteiger partial charge in [-0.2, -0.15) is 5.10 Å². The normalized spacial score (nSPS) is 22.7. The summed E-state index contributed by atoms with van der Waals surface area (Å²) in [4.78, 5) is 12.1. The fraction of sp³-hybridized carbons (Fsp3) is 0.692. The zero-order valence-electron chi connectivity index (χ0n) is 11.8. The zero-order valence-corrected chi connectivity index (χ0v) is 12.6. The van der Waals surface area contributed by atoms with Crippen molar-refractivity contribution in [3.63, 3.8) is 0 Å². The number of piperidine rings is 1. The van der Waals surface area contributed by atoms with E-state index in [9.17, 15) is 4.79 Å². The van der Waals surface area contributed by atoms with Crippen LogP contribution < -0.4 is 10.6 Å². The molecule has 108 valence electrons. The number of carbonyl (C=O) groups is 1. The molecule has 2 N–H and O–H groups in total. The molecule has 5 nitrogen and oxygen atoms in total. The van der Waals surface area contributed by atoms with Gasteiger partial charge in [0.25, 0.3) is 5.91 Å². The van der Waals surface area contributed by atoms with Crippen LogP contribution in [0, 0.1) is 12.3 Å². The molecule has 0 saturated carbocycles. The first-order valence-electron chi connectivity index (χ1n) is 6.49. The molecule has 1 fully saturated rings. The zero-order chi connectivity index (χ0) is 13.2. The largest absolute Gasteiger partial charge is 0.351 e. The number of nitrogens with zero attached hydrogens (tertiary/aromatic N) is 2. The molecule has 0 radical (unpaired) electrons. The molecular formula is C13H23ClN4O. The number of nitrogens with one attached hydrogen (secondary N) is 2. The first-order valence-corrected chi connectivity index (χ1v) is 6.49. The van der Waals surface area contributed by atoms with Gasteiger partial charge >= 0.3 is 0 Å². The maximum atomic E-state index is 12.1. The Morgan fingerprint density at radius 3 is 2.89 bits per heavy atom. The van der Waals surface area contributed by atoms with Crippen molar-refractivity contribution in [2.24, 2.45) is 12.5 Å². The minimum atomic E-state index is -0.0209. The van der Waals surface area contributed by atoms with E-state index in [-0.39, 0.29) is 23.7 Å². The van der Waals surface area contributed by atoms with Crippen LogP contribution in [-0.4, -0.2) is 35.3 Å². The summed E-state index contributed by atoms with van der Waals surface area (Å²) in [7, 11) is 1.85. The smallest absolute Gasteiger partial charge is 0.254 e. The Kier molecular flexibility index (Phi) is 5.38. The van der Waals surface area contributed by atoms with Gasteiger partial charge in [0, 0.05) is 25.8 Å². The van der Waals surface area contributed by atoms with Crippen LogP contribution in [0.4, 0.5) is 0 Å². The molecule has 19 heavy (non-hydrogen) atoms. The molecule has 0 bridgehead atoms. The molecule has 1 atom stereocenters. The summed E-state index contributed by atoms with van der Waals surface area (Å²) in [5.74, 6) is -0.0209. The molecule has 1 aliphatic heterocycles. The summed E-state index contributed by atoms with van der Waals surface area (Å²) in [6.45, 7) is 6.90. The number of amides is 1. The molecule has 1 amide bonds. The second-order valence-electron chi connectivity index (χ2n) is 5.54. The summed E-state index contributed by atoms with van der Waals surface area (Å²) >= 11 is 0. The van der Waals surface area contributed by atoms with E-state index in [1.54, 1.807) is 10.9 Å². The van der Waals surface area contributed by atoms with Gasteiger partial charge < -0.3 is 10.6 Å². The van der Waals surface area contributed by atoms with Gasteiger partial charge in [0.05, 0.1) is 11.8 Å². The predicted molar refractivity (Wildman–Crippen MR) is 77.7 cm³/mol. The average Bonchev–Trinajstić information content (AvgIpc) is 2.68. The molecule has 0 aromatic carbocycles. The maximum Gasteiger partial charge on any atom is 0.254 e. The quantitative estimate of drug-likeness (QED) is 0.880. The number of hydrogen-bond donors (Lipinski definition) is 2. The predicted octanol–water partition coefficient (Wildman–Crippen LogP) is 1.27. The van der Waals surface area contributed by atoms with E-state index in [1.807, 2.05) is 14.0 Å². The lowest BCUT2D eigenvalue weighted by atomic mass is 9.83. The molecule has 0 spiro atoms. The van der Waals surface area contributed by atoms with Crippen molar-refractivity contribution >= 4 is 18.3 Å². The second-order valence-corrected chi connectivity index (χ2v) is 5.54. The van der Waals surface area contributed by atoms with Gasteiger partial charge in [-0.15, -0.1) is 12.4 Å². The van der Waals surface area contributed by atoms with Crippen LogP contribution in [0.25, 0.3) is 0 Å². The van der Waals surface area contributed by atoms with E-state index < -0.39 is 0 Å². The minimum absolute atomic E-state index is 0. The lowest BCUT2D eigenvalue weighted by Crippen LogP contribution is -2.45. The van der Waals surface area contributed by atoms with Crippen molar-refractivity contribution in [1.82, 2.24) is 20.4 Å². The Morgan fingerprint density at radius 2 is 2.37 bits per heavy atom. The first kappa shape index (κ1) is 16.0. The summed E-state index contributed by atoms with van der Waals surface area (Å²) in [6, 6.07) is 0. The molecule has 6 heteroatoms. The van der Waals surface area contributed by atoms with Gasteiger partial charge in [-0.3, -0.25) is 9.48 Å². The minimum Gasteiger partial charge on any atom is -0.351 e. The number of carbonyl (C=O) groups excluding carboxylic acids is 1. The van der Waals surface area contributed by atoms with Crippen molar-refractivity contribution in [3.8, 4) is 0 Å². The Bertz CT molecular complexity index is 438. The summed E-state index contributed by atoms with van der Waals surface area (Å²) in [5, 5.41) is 10.5. The molecule has 2 heterocycles. The number of halogens is 1. The molecule has 1 aliphatic rings. The van der Waals surface area contributed by atoms with E-state index in [2.05, 4.69) is 22.7 Å². The van der Waals surface area contributed by atoms with Crippen molar-refractivity contribution < 1.29 is 4.79 Å². The van der Waals surface area contributed by atoms with E-state index >= 15 is 0 Å². The Morgan fingerprint density at radius 1 is 1.63 bits per heavy atom. The molecular weight excluding hydrogens is 264 g/mol. The number of rotatable bonds is 3. The third-order valence-corrected chi connectivity index (χ3v) is 3.84. The fourth-order valence-corrected chi connectivity index (χ4v) is 2.38. The molecule has 2 rings (SSSR count). The van der Waals surface area contributed by atoms with Gasteiger partial charge in [0.15, 0.2) is 0 Å². The van der Waals surface area contributed by atoms with Crippen LogP contribution in [0.1, 0.15) is 35.8 Å². The molecule has 0 aliphatic carbocycles. The lowest BCUT2D eigenvalue weighted by Gasteiger charge is -2.34. The van der Waals surface area contributed by atoms with Gasteiger partial charge in [0.1, 0.15) is 0 Å². The maximum absolute atomic E-state index is 12.1. The van der Waals surface area contributed by atoms with Crippen LogP contribution >= 0.6 is 12.4 Å². The van der Waals surface area contributed by atoms with Crippen LogP contribution in [0.3, 0.4) is 0 Å². The highest BCUT2D eigenvalue weighted by Gasteiger charge is 2.27. The Hall–Kier alpha value is -1.07. The summed E-state index contributed by atoms with van der Waals surface area (Å²) in [5.41, 5.74) is 1.74. The highest BCUT2D eigenvalue weighted by atomic mass is 35.5. The van der Waals surface area contributed by atoms with E-state index in [0.29, 0.717) is 12.1 Å². The standard InChI is InChI=1S/C13H22N4O.ClH/c1-10-11(7-16-17(10)3)12(18)15-9-13(2)5-4-6-14-8-13;/h7,14H,4-6,8-9H2,1-3H3,(H,15,18);1H. The highest BCUT2D eigenvalue weighted by Crippen LogP contribution is 2.24. The van der Waals surface area contributed by atoms with Crippen LogP contribution in [-0.2, 0) is 7.05 Å². The van der Waals surface area contributed by atoms with E-state index in [0.717, 1.165) is 25.2 Å². The molecule has 1 saturated heterocycles. The van der Waals surface area contributed by atoms with Crippen molar-refractivity contribution in [2.45, 2.75) is 26.7 Å². The number of hydrogen-bond acceptors (Lipinski definition) is 3. The average molecular weight is 287 g/mol. The summed E-state index contributed by atoms with van der Waals surface area (Å²) in [6.07, 6.45) is 3.97. The number of aryl methyl sites for hydroxylation is 1. The van der Waals surface area contributed by atoms with Gasteiger partial charge in [-0.1, -0.05) is 6.92 Å². The third kappa shape index (κ3) is 3.70. The molecule has 1 aromatic rings. The van der Waals surface area contributed by atoms with E-state index in [4.69, 9.17) is 0 Å². The van der Waals surface area contributed by atoms with Crippen LogP contribution in [0.2, 0.25) is 0 Å². The van der Waals surface area contributed by atoms with Crippen LogP contribution in [0.5, 0.6) is 0 Å². The van der Waals surface area contributed by atoms with Crippen molar-refractivity contribution in [1.29, 1.82) is 0 Å². The van der Waals surface area contributed by atoms with Gasteiger partial charge in [-0.05, 0) is 31.7 Å². The SMILES string of the molecule is Cc1c(C(=O)NCC2(C)CCCNC2)cnn1C.Cl. The first-order chi connectivity index (χ1) is 8.52. The Labute approximate surface area is 120 Å². The molecule has 1 unspecified atom stereocenters. The van der Waals surface area contributed by atoms with Gasteiger partial charge in [0.2, 0.25) is 0 Å². The van der Waals surface area contributed by atoms with Gasteiger partial charge in [-0.25, -0.2) is 0 Å². The highest BCUT2D eigenvalue weighted by molar-refractivity contribution is 5.95. The van der Waals surface area contributed by atoms with Crippen LogP contribution in [0.15, 0.2) is 6.20 Å². The van der Waals surface area contributed by atoms with E-state index in [1.165, 1.54) is 6.42 Å². The monoisotopic (exact) mass is 286 g/mol. The molecule has 1 aromatic heterocycles. The topological polar surface area (TPSA) is 59.0 Å². The fourth-order valence-electron chi connectivity index (χ4n) is 2.38. The van der Waals surface area contributed by atoms with Crippen molar-refractivity contribution in [3.05, 3.63) is 17.5 Å². The second kappa shape index (κ2) is 6.39. The summed E-state index contributed by atoms with van der Waals surface area (Å²) < 4.78 is 1.72.